The predicted molar refractivity (Wildman–Crippen MR) is 114 cm³/mol. The van der Waals surface area contributed by atoms with Gasteiger partial charge in [0.1, 0.15) is 0 Å². The molecule has 0 saturated heterocycles. The summed E-state index contributed by atoms with van der Waals surface area (Å²) in [4.78, 5) is 39.4. The van der Waals surface area contributed by atoms with Crippen LogP contribution < -0.4 is 0 Å². The van der Waals surface area contributed by atoms with E-state index >= 15 is 0 Å². The molecule has 0 unspecified atom stereocenters. The maximum absolute atomic E-state index is 13.2. The molecule has 10 nitrogen and oxygen atoms in total. The van der Waals surface area contributed by atoms with Gasteiger partial charge in [0.15, 0.2) is 17.1 Å². The number of aromatic nitrogens is 2. The number of halogens is 2. The highest BCUT2D eigenvalue weighted by Gasteiger charge is 2.32. The monoisotopic (exact) mass is 452 g/mol. The number of nitro groups is 2. The number of ketones is 1. The third kappa shape index (κ3) is 4.71. The number of carbonyl (C=O) groups is 1. The summed E-state index contributed by atoms with van der Waals surface area (Å²) < 4.78 is 30.9. The highest BCUT2D eigenvalue weighted by Crippen LogP contribution is 2.33. The summed E-state index contributed by atoms with van der Waals surface area (Å²) in [7, 11) is -3.30. The van der Waals surface area contributed by atoms with Gasteiger partial charge < -0.3 is 24.9 Å². The number of nitrogens with one attached hydrogen (secondary N) is 2. The van der Waals surface area contributed by atoms with Crippen LogP contribution in [0.15, 0.2) is 6.08 Å². The zero-order chi connectivity index (χ0) is 24.2. The molecule has 0 atom stereocenters. The summed E-state index contributed by atoms with van der Waals surface area (Å²) in [6, 6.07) is 0. The Morgan fingerprint density at radius 3 is 1.66 bits per heavy atom. The third-order valence-electron chi connectivity index (χ3n) is 5.14. The Kier molecular flexibility index (Phi) is 7.89. The maximum Gasteiger partial charge on any atom is 0.796 e. The van der Waals surface area contributed by atoms with Crippen molar-refractivity contribution in [2.75, 3.05) is 0 Å². The van der Waals surface area contributed by atoms with E-state index in [-0.39, 0.29) is 42.3 Å². The predicted octanol–water partition coefficient (Wildman–Crippen LogP) is 4.57. The summed E-state index contributed by atoms with van der Waals surface area (Å²) in [6.07, 6.45) is 1.87. The fourth-order valence-electron chi connectivity index (χ4n) is 3.85. The lowest BCUT2D eigenvalue weighted by molar-refractivity contribution is -0.390. The molecule has 2 N–H and O–H groups in total. The first kappa shape index (κ1) is 24.8. The van der Waals surface area contributed by atoms with Crippen molar-refractivity contribution in [3.05, 3.63) is 59.9 Å². The molecular weight excluding hydrogens is 429 g/mol. The molecule has 32 heavy (non-hydrogen) atoms. The highest BCUT2D eigenvalue weighted by molar-refractivity contribution is 6.36. The van der Waals surface area contributed by atoms with E-state index in [0.29, 0.717) is 28.7 Å². The van der Waals surface area contributed by atoms with E-state index in [1.807, 2.05) is 0 Å². The first-order chi connectivity index (χ1) is 15.1. The van der Waals surface area contributed by atoms with Gasteiger partial charge in [0.25, 0.3) is 0 Å². The second kappa shape index (κ2) is 10.2. The largest absolute Gasteiger partial charge is 0.796 e. The Morgan fingerprint density at radius 1 is 0.875 bits per heavy atom. The molecule has 0 fully saturated rings. The number of H-pyrrole nitrogens is 2. The van der Waals surface area contributed by atoms with E-state index in [4.69, 9.17) is 0 Å². The zero-order valence-corrected chi connectivity index (χ0v) is 18.1. The van der Waals surface area contributed by atoms with Gasteiger partial charge in [-0.1, -0.05) is 27.7 Å². The molecule has 0 saturated carbocycles. The van der Waals surface area contributed by atoms with Crippen LogP contribution in [0.3, 0.4) is 0 Å². The second-order valence-corrected chi connectivity index (χ2v) is 6.79. The Morgan fingerprint density at radius 2 is 1.28 bits per heavy atom. The Balaban J connectivity index is 2.71. The van der Waals surface area contributed by atoms with Crippen molar-refractivity contribution in [3.8, 4) is 0 Å². The minimum absolute atomic E-state index is 0.0977. The molecule has 2 rings (SSSR count). The summed E-state index contributed by atoms with van der Waals surface area (Å²) in [5, 5.41) is 22.8. The topological polar surface area (TPSA) is 144 Å². The fraction of sp³-hybridized carbons (Fsp3) is 0.421. The Hall–Kier alpha value is -3.51. The van der Waals surface area contributed by atoms with Crippen LogP contribution >= 0.6 is 0 Å². The van der Waals surface area contributed by atoms with Gasteiger partial charge in [-0.3, -0.25) is 4.79 Å². The number of allylic oxidation sites excluding steroid dienone is 1. The molecule has 0 aromatic carbocycles. The third-order valence-corrected chi connectivity index (χ3v) is 5.14. The minimum atomic E-state index is -3.30. The van der Waals surface area contributed by atoms with Crippen molar-refractivity contribution in [3.63, 3.8) is 0 Å². The standard InChI is InChI=1S/C19H23BF2N4O6/c1-5-10-12(7-3)18(25(28)29)23-16(10)14(27)9-15(32-20(21)22)17-11(6-2)13(8-4)19(24-17)26(30)31/h9,23-24H,5-8H2,1-4H3/b15-9+. The molecule has 0 spiro atoms. The molecule has 0 aliphatic carbocycles. The summed E-state index contributed by atoms with van der Waals surface area (Å²) in [6.45, 7) is 6.77. The van der Waals surface area contributed by atoms with Gasteiger partial charge in [-0.2, -0.15) is 0 Å². The first-order valence-electron chi connectivity index (χ1n) is 10.1. The number of aromatic amines is 2. The van der Waals surface area contributed by atoms with Gasteiger partial charge in [-0.15, -0.1) is 0 Å². The van der Waals surface area contributed by atoms with E-state index < -0.39 is 28.9 Å². The Labute approximate surface area is 182 Å². The van der Waals surface area contributed by atoms with Crippen LogP contribution in [-0.2, 0) is 30.3 Å². The molecule has 172 valence electrons. The Bertz CT molecular complexity index is 1080. The van der Waals surface area contributed by atoms with Crippen LogP contribution in [0.25, 0.3) is 5.76 Å². The fourth-order valence-corrected chi connectivity index (χ4v) is 3.85. The molecule has 2 aromatic rings. The molecule has 0 amide bonds. The van der Waals surface area contributed by atoms with Crippen LogP contribution in [0.5, 0.6) is 0 Å². The van der Waals surface area contributed by atoms with E-state index in [0.717, 1.165) is 6.08 Å². The van der Waals surface area contributed by atoms with Gasteiger partial charge in [0.2, 0.25) is 5.78 Å². The van der Waals surface area contributed by atoms with Crippen molar-refractivity contribution in [2.45, 2.75) is 53.4 Å². The summed E-state index contributed by atoms with van der Waals surface area (Å²) in [5.74, 6) is -2.11. The zero-order valence-electron chi connectivity index (χ0n) is 18.1. The lowest BCUT2D eigenvalue weighted by Gasteiger charge is -2.07. The van der Waals surface area contributed by atoms with Crippen molar-refractivity contribution >= 4 is 30.6 Å². The minimum Gasteiger partial charge on any atom is -0.502 e. The van der Waals surface area contributed by atoms with Crippen LogP contribution in [0.4, 0.5) is 20.3 Å². The molecule has 0 bridgehead atoms. The van der Waals surface area contributed by atoms with Crippen LogP contribution in [0, 0.1) is 20.2 Å². The maximum atomic E-state index is 13.2. The van der Waals surface area contributed by atoms with Crippen LogP contribution in [-0.4, -0.2) is 33.1 Å². The summed E-state index contributed by atoms with van der Waals surface area (Å²) >= 11 is 0. The van der Waals surface area contributed by atoms with Crippen molar-refractivity contribution in [1.29, 1.82) is 0 Å². The lowest BCUT2D eigenvalue weighted by atomic mass is 10.0. The van der Waals surface area contributed by atoms with Gasteiger partial charge in [0, 0.05) is 17.2 Å². The van der Waals surface area contributed by atoms with Gasteiger partial charge in [-0.25, -0.2) is 18.6 Å². The number of hydrogen-bond donors (Lipinski definition) is 2. The summed E-state index contributed by atoms with van der Waals surface area (Å²) in [5.41, 5.74) is 1.24. The van der Waals surface area contributed by atoms with Crippen molar-refractivity contribution in [1.82, 2.24) is 9.97 Å². The first-order valence-corrected chi connectivity index (χ1v) is 10.1. The molecule has 2 aromatic heterocycles. The smallest absolute Gasteiger partial charge is 0.502 e. The highest BCUT2D eigenvalue weighted by atomic mass is 19.2. The van der Waals surface area contributed by atoms with Gasteiger partial charge >= 0.3 is 19.1 Å². The van der Waals surface area contributed by atoms with Gasteiger partial charge in [0.05, 0.1) is 11.1 Å². The molecule has 0 aliphatic heterocycles. The molecular formula is C19H23BF2N4O6. The molecule has 13 heteroatoms. The average molecular weight is 452 g/mol. The van der Waals surface area contributed by atoms with E-state index in [9.17, 15) is 33.7 Å². The van der Waals surface area contributed by atoms with Crippen LogP contribution in [0.1, 0.15) is 66.1 Å². The van der Waals surface area contributed by atoms with E-state index in [2.05, 4.69) is 14.6 Å². The lowest BCUT2D eigenvalue weighted by Crippen LogP contribution is -2.09. The SMILES string of the molecule is CCc1c(C(=O)/C=C(/OB(F)F)c2[nH]c([N+](=O)[O-])c(CC)c2CC)[nH]c([N+](=O)[O-])c1CC. The number of rotatable bonds is 11. The van der Waals surface area contributed by atoms with Crippen molar-refractivity contribution in [2.24, 2.45) is 0 Å². The average Bonchev–Trinajstić information content (AvgIpc) is 3.30. The van der Waals surface area contributed by atoms with E-state index in [1.165, 1.54) is 0 Å². The van der Waals surface area contributed by atoms with Gasteiger partial charge in [-0.05, 0) is 35.5 Å². The molecule has 0 radical (unpaired) electrons. The van der Waals surface area contributed by atoms with Crippen molar-refractivity contribution < 1.29 is 27.9 Å². The quantitative estimate of drug-likeness (QED) is 0.128. The number of nitrogens with zero attached hydrogens (tertiary/aromatic N) is 2. The normalized spacial score (nSPS) is 11.5. The second-order valence-electron chi connectivity index (χ2n) is 6.79. The van der Waals surface area contributed by atoms with Crippen LogP contribution in [0.2, 0.25) is 0 Å². The number of hydrogen-bond acceptors (Lipinski definition) is 6. The van der Waals surface area contributed by atoms with E-state index in [1.54, 1.807) is 27.7 Å². The number of carbonyl (C=O) groups excluding carboxylic acids is 1. The molecule has 0 aliphatic rings. The molecule has 2 heterocycles.